The number of carboxylic acids is 1. The number of hydrogen-bond donors (Lipinski definition) is 1. The van der Waals surface area contributed by atoms with Gasteiger partial charge < -0.3 is 9.84 Å². The minimum absolute atomic E-state index is 0.142. The van der Waals surface area contributed by atoms with E-state index in [1.165, 1.54) is 25.7 Å². The van der Waals surface area contributed by atoms with Crippen molar-refractivity contribution in [1.82, 2.24) is 0 Å². The summed E-state index contributed by atoms with van der Waals surface area (Å²) in [6, 6.07) is 0. The first-order valence-corrected chi connectivity index (χ1v) is 5.43. The van der Waals surface area contributed by atoms with Crippen molar-refractivity contribution in [3.63, 3.8) is 0 Å². The predicted molar refractivity (Wildman–Crippen MR) is 54.3 cm³/mol. The second-order valence-corrected chi connectivity index (χ2v) is 4.55. The third-order valence-corrected chi connectivity index (χ3v) is 2.78. The molecular formula is C11H20O3. The quantitative estimate of drug-likeness (QED) is 0.712. The van der Waals surface area contributed by atoms with Gasteiger partial charge in [0.05, 0.1) is 6.10 Å². The molecule has 0 radical (unpaired) electrons. The zero-order valence-electron chi connectivity index (χ0n) is 9.08. The number of hydrogen-bond acceptors (Lipinski definition) is 2. The molecule has 1 N–H and O–H groups in total. The SMILES string of the molecule is CC(C)(OC1CCCCCC1)C(=O)O. The molecule has 3 nitrogen and oxygen atoms in total. The van der Waals surface area contributed by atoms with Crippen LogP contribution in [0.25, 0.3) is 0 Å². The molecule has 1 rings (SSSR count). The Bertz CT molecular complexity index is 191. The summed E-state index contributed by atoms with van der Waals surface area (Å²) in [4.78, 5) is 10.9. The van der Waals surface area contributed by atoms with Crippen LogP contribution >= 0.6 is 0 Å². The fraction of sp³-hybridized carbons (Fsp3) is 0.909. The second-order valence-electron chi connectivity index (χ2n) is 4.55. The Morgan fingerprint density at radius 3 is 2.14 bits per heavy atom. The maximum absolute atomic E-state index is 10.9. The summed E-state index contributed by atoms with van der Waals surface area (Å²) in [5, 5.41) is 8.92. The van der Waals surface area contributed by atoms with Gasteiger partial charge in [0, 0.05) is 0 Å². The van der Waals surface area contributed by atoms with Gasteiger partial charge >= 0.3 is 5.97 Å². The van der Waals surface area contributed by atoms with E-state index in [2.05, 4.69) is 0 Å². The molecule has 0 aliphatic heterocycles. The molecule has 0 aromatic carbocycles. The molecular weight excluding hydrogens is 180 g/mol. The van der Waals surface area contributed by atoms with Crippen LogP contribution in [0, 0.1) is 0 Å². The molecule has 0 amide bonds. The van der Waals surface area contributed by atoms with E-state index in [0.717, 1.165) is 12.8 Å². The molecule has 1 fully saturated rings. The number of aliphatic carboxylic acids is 1. The highest BCUT2D eigenvalue weighted by Crippen LogP contribution is 2.24. The molecule has 0 aromatic rings. The minimum atomic E-state index is -1.03. The highest BCUT2D eigenvalue weighted by Gasteiger charge is 2.31. The Balaban J connectivity index is 2.45. The van der Waals surface area contributed by atoms with Gasteiger partial charge in [-0.2, -0.15) is 0 Å². The Labute approximate surface area is 85.5 Å². The van der Waals surface area contributed by atoms with E-state index in [1.807, 2.05) is 0 Å². The zero-order valence-corrected chi connectivity index (χ0v) is 9.08. The fourth-order valence-electron chi connectivity index (χ4n) is 1.83. The molecule has 0 saturated heterocycles. The van der Waals surface area contributed by atoms with Gasteiger partial charge in [-0.05, 0) is 26.7 Å². The van der Waals surface area contributed by atoms with Crippen molar-refractivity contribution in [3.8, 4) is 0 Å². The van der Waals surface area contributed by atoms with Crippen LogP contribution in [0.4, 0.5) is 0 Å². The number of ether oxygens (including phenoxy) is 1. The maximum atomic E-state index is 10.9. The summed E-state index contributed by atoms with van der Waals surface area (Å²) in [5.74, 6) is -0.873. The predicted octanol–water partition coefficient (Wildman–Crippen LogP) is 2.59. The first-order valence-electron chi connectivity index (χ1n) is 5.43. The van der Waals surface area contributed by atoms with Crippen molar-refractivity contribution in [1.29, 1.82) is 0 Å². The molecule has 1 aliphatic rings. The van der Waals surface area contributed by atoms with Gasteiger partial charge in [0.2, 0.25) is 0 Å². The van der Waals surface area contributed by atoms with Gasteiger partial charge in [0.15, 0.2) is 5.60 Å². The molecule has 1 saturated carbocycles. The largest absolute Gasteiger partial charge is 0.479 e. The van der Waals surface area contributed by atoms with E-state index in [4.69, 9.17) is 9.84 Å². The molecule has 0 spiro atoms. The summed E-state index contributed by atoms with van der Waals surface area (Å²) in [7, 11) is 0. The van der Waals surface area contributed by atoms with Gasteiger partial charge in [-0.1, -0.05) is 25.7 Å². The Morgan fingerprint density at radius 1 is 1.21 bits per heavy atom. The van der Waals surface area contributed by atoms with E-state index in [9.17, 15) is 4.79 Å². The number of carbonyl (C=O) groups is 1. The molecule has 1 aliphatic carbocycles. The van der Waals surface area contributed by atoms with Gasteiger partial charge in [-0.15, -0.1) is 0 Å². The molecule has 14 heavy (non-hydrogen) atoms. The normalized spacial score (nSPS) is 20.4. The second kappa shape index (κ2) is 4.78. The summed E-state index contributed by atoms with van der Waals surface area (Å²) >= 11 is 0. The lowest BCUT2D eigenvalue weighted by molar-refractivity contribution is -0.168. The van der Waals surface area contributed by atoms with Gasteiger partial charge in [0.1, 0.15) is 0 Å². The van der Waals surface area contributed by atoms with E-state index in [1.54, 1.807) is 13.8 Å². The van der Waals surface area contributed by atoms with Gasteiger partial charge in [-0.3, -0.25) is 0 Å². The van der Waals surface area contributed by atoms with Crippen molar-refractivity contribution in [2.75, 3.05) is 0 Å². The Hall–Kier alpha value is -0.570. The first-order chi connectivity index (χ1) is 6.52. The van der Waals surface area contributed by atoms with Crippen molar-refractivity contribution in [2.24, 2.45) is 0 Å². The molecule has 0 atom stereocenters. The Morgan fingerprint density at radius 2 is 1.71 bits per heavy atom. The van der Waals surface area contributed by atoms with Crippen LogP contribution in [0.3, 0.4) is 0 Å². The van der Waals surface area contributed by atoms with Crippen LogP contribution in [0.1, 0.15) is 52.4 Å². The summed E-state index contributed by atoms with van der Waals surface area (Å²) < 4.78 is 5.62. The number of rotatable bonds is 3. The van der Waals surface area contributed by atoms with E-state index in [-0.39, 0.29) is 6.10 Å². The summed E-state index contributed by atoms with van der Waals surface area (Å²) in [6.07, 6.45) is 7.01. The molecule has 0 heterocycles. The Kier molecular flexibility index (Phi) is 3.93. The van der Waals surface area contributed by atoms with Crippen LogP contribution < -0.4 is 0 Å². The zero-order chi connectivity index (χ0) is 10.6. The van der Waals surface area contributed by atoms with Crippen LogP contribution in [-0.2, 0) is 9.53 Å². The van der Waals surface area contributed by atoms with E-state index >= 15 is 0 Å². The van der Waals surface area contributed by atoms with Crippen molar-refractivity contribution < 1.29 is 14.6 Å². The standard InChI is InChI=1S/C11H20O3/c1-11(2,10(12)13)14-9-7-5-3-4-6-8-9/h9H,3-8H2,1-2H3,(H,12,13). The van der Waals surface area contributed by atoms with Gasteiger partial charge in [-0.25, -0.2) is 4.79 Å². The van der Waals surface area contributed by atoms with Crippen molar-refractivity contribution >= 4 is 5.97 Å². The minimum Gasteiger partial charge on any atom is -0.479 e. The molecule has 0 aromatic heterocycles. The van der Waals surface area contributed by atoms with Crippen molar-refractivity contribution in [3.05, 3.63) is 0 Å². The van der Waals surface area contributed by atoms with Crippen LogP contribution in [0.2, 0.25) is 0 Å². The highest BCUT2D eigenvalue weighted by molar-refractivity contribution is 5.76. The molecule has 0 bridgehead atoms. The maximum Gasteiger partial charge on any atom is 0.335 e. The third kappa shape index (κ3) is 3.29. The lowest BCUT2D eigenvalue weighted by Crippen LogP contribution is -2.38. The average molecular weight is 200 g/mol. The first kappa shape index (κ1) is 11.5. The van der Waals surface area contributed by atoms with Crippen LogP contribution in [0.15, 0.2) is 0 Å². The third-order valence-electron chi connectivity index (χ3n) is 2.78. The number of carboxylic acid groups (broad SMARTS) is 1. The van der Waals surface area contributed by atoms with Crippen LogP contribution in [0.5, 0.6) is 0 Å². The van der Waals surface area contributed by atoms with Crippen LogP contribution in [-0.4, -0.2) is 22.8 Å². The average Bonchev–Trinajstić information content (AvgIpc) is 2.32. The van der Waals surface area contributed by atoms with E-state index in [0.29, 0.717) is 0 Å². The summed E-state index contributed by atoms with van der Waals surface area (Å²) in [6.45, 7) is 3.25. The monoisotopic (exact) mass is 200 g/mol. The lowest BCUT2D eigenvalue weighted by atomic mass is 10.1. The molecule has 82 valence electrons. The molecule has 3 heteroatoms. The van der Waals surface area contributed by atoms with Gasteiger partial charge in [0.25, 0.3) is 0 Å². The van der Waals surface area contributed by atoms with E-state index < -0.39 is 11.6 Å². The molecule has 0 unspecified atom stereocenters. The highest BCUT2D eigenvalue weighted by atomic mass is 16.5. The topological polar surface area (TPSA) is 46.5 Å². The smallest absolute Gasteiger partial charge is 0.335 e. The summed E-state index contributed by atoms with van der Waals surface area (Å²) in [5.41, 5.74) is -1.03. The lowest BCUT2D eigenvalue weighted by Gasteiger charge is -2.26. The fourth-order valence-corrected chi connectivity index (χ4v) is 1.83. The van der Waals surface area contributed by atoms with Crippen molar-refractivity contribution in [2.45, 2.75) is 64.1 Å².